The van der Waals surface area contributed by atoms with Gasteiger partial charge in [-0.15, -0.1) is 0 Å². The number of fused-ring (bicyclic) bond motifs is 2. The second-order valence-electron chi connectivity index (χ2n) is 7.66. The molecule has 134 valence electrons. The van der Waals surface area contributed by atoms with Gasteiger partial charge in [-0.1, -0.05) is 18.6 Å². The SMILES string of the molecule is O=C(NCC1CCCO1)c1ccccc1NC(=O)C1CC2CCC1C2. The van der Waals surface area contributed by atoms with Gasteiger partial charge in [-0.05, 0) is 56.1 Å². The number of amides is 2. The summed E-state index contributed by atoms with van der Waals surface area (Å²) in [5.41, 5.74) is 1.14. The standard InChI is InChI=1S/C20H26N2O3/c23-19(21-12-15-4-3-9-25-15)16-5-1-2-6-18(16)22-20(24)17-11-13-7-8-14(17)10-13/h1-2,5-6,13-15,17H,3-4,7-12H2,(H,21,23)(H,22,24). The second-order valence-corrected chi connectivity index (χ2v) is 7.66. The molecule has 4 atom stereocenters. The van der Waals surface area contributed by atoms with Crippen LogP contribution in [-0.2, 0) is 9.53 Å². The molecule has 25 heavy (non-hydrogen) atoms. The van der Waals surface area contributed by atoms with E-state index in [-0.39, 0.29) is 23.8 Å². The Bertz CT molecular complexity index is 654. The van der Waals surface area contributed by atoms with E-state index in [1.54, 1.807) is 6.07 Å². The Morgan fingerprint density at radius 1 is 1.12 bits per heavy atom. The number of hydrogen-bond acceptors (Lipinski definition) is 3. The van der Waals surface area contributed by atoms with Crippen molar-refractivity contribution in [1.82, 2.24) is 5.32 Å². The lowest BCUT2D eigenvalue weighted by Crippen LogP contribution is -2.33. The van der Waals surface area contributed by atoms with E-state index >= 15 is 0 Å². The predicted molar refractivity (Wildman–Crippen MR) is 95.3 cm³/mol. The van der Waals surface area contributed by atoms with Gasteiger partial charge in [0.2, 0.25) is 5.91 Å². The molecule has 2 amide bonds. The molecule has 2 N–H and O–H groups in total. The average molecular weight is 342 g/mol. The van der Waals surface area contributed by atoms with E-state index in [1.807, 2.05) is 18.2 Å². The highest BCUT2D eigenvalue weighted by atomic mass is 16.5. The van der Waals surface area contributed by atoms with E-state index in [0.717, 1.165) is 31.8 Å². The highest BCUT2D eigenvalue weighted by Crippen LogP contribution is 2.48. The van der Waals surface area contributed by atoms with Crippen molar-refractivity contribution in [1.29, 1.82) is 0 Å². The molecule has 1 aromatic rings. The molecular weight excluding hydrogens is 316 g/mol. The van der Waals surface area contributed by atoms with Crippen LogP contribution in [0.2, 0.25) is 0 Å². The Kier molecular flexibility index (Phi) is 4.75. The van der Waals surface area contributed by atoms with Crippen LogP contribution in [-0.4, -0.2) is 31.1 Å². The first-order chi connectivity index (χ1) is 12.2. The molecule has 1 aromatic carbocycles. The summed E-state index contributed by atoms with van der Waals surface area (Å²) in [5, 5.41) is 5.95. The van der Waals surface area contributed by atoms with Crippen molar-refractivity contribution in [3.8, 4) is 0 Å². The first kappa shape index (κ1) is 16.6. The zero-order valence-corrected chi connectivity index (χ0v) is 14.5. The zero-order chi connectivity index (χ0) is 17.2. The fraction of sp³-hybridized carbons (Fsp3) is 0.600. The molecule has 3 aliphatic rings. The van der Waals surface area contributed by atoms with Gasteiger partial charge in [-0.3, -0.25) is 9.59 Å². The molecular formula is C20H26N2O3. The summed E-state index contributed by atoms with van der Waals surface area (Å²) in [6.45, 7) is 1.30. The molecule has 4 rings (SSSR count). The maximum absolute atomic E-state index is 12.7. The second kappa shape index (κ2) is 7.16. The maximum Gasteiger partial charge on any atom is 0.253 e. The van der Waals surface area contributed by atoms with Crippen LogP contribution in [0.15, 0.2) is 24.3 Å². The van der Waals surface area contributed by atoms with Gasteiger partial charge in [0.1, 0.15) is 0 Å². The molecule has 5 heteroatoms. The van der Waals surface area contributed by atoms with Crippen molar-refractivity contribution in [2.24, 2.45) is 17.8 Å². The molecule has 5 nitrogen and oxygen atoms in total. The van der Waals surface area contributed by atoms with Crippen molar-refractivity contribution < 1.29 is 14.3 Å². The molecule has 0 aromatic heterocycles. The minimum Gasteiger partial charge on any atom is -0.376 e. The Balaban J connectivity index is 1.39. The molecule has 0 radical (unpaired) electrons. The van der Waals surface area contributed by atoms with Gasteiger partial charge in [0.15, 0.2) is 0 Å². The number of hydrogen-bond donors (Lipinski definition) is 2. The number of nitrogens with one attached hydrogen (secondary N) is 2. The molecule has 2 bridgehead atoms. The third kappa shape index (κ3) is 3.56. The third-order valence-electron chi connectivity index (χ3n) is 6.02. The van der Waals surface area contributed by atoms with Crippen molar-refractivity contribution in [2.75, 3.05) is 18.5 Å². The number of rotatable bonds is 5. The minimum absolute atomic E-state index is 0.0755. The summed E-state index contributed by atoms with van der Waals surface area (Å²) in [6.07, 6.45) is 6.80. The zero-order valence-electron chi connectivity index (χ0n) is 14.5. The van der Waals surface area contributed by atoms with E-state index in [4.69, 9.17) is 4.74 Å². The number of ether oxygens (including phenoxy) is 1. The van der Waals surface area contributed by atoms with E-state index in [2.05, 4.69) is 10.6 Å². The van der Waals surface area contributed by atoms with Crippen LogP contribution >= 0.6 is 0 Å². The van der Waals surface area contributed by atoms with Gasteiger partial charge >= 0.3 is 0 Å². The van der Waals surface area contributed by atoms with Gasteiger partial charge < -0.3 is 15.4 Å². The lowest BCUT2D eigenvalue weighted by molar-refractivity contribution is -0.121. The van der Waals surface area contributed by atoms with Gasteiger partial charge in [0, 0.05) is 19.1 Å². The normalized spacial score (nSPS) is 30.4. The highest BCUT2D eigenvalue weighted by Gasteiger charge is 2.43. The fourth-order valence-corrected chi connectivity index (χ4v) is 4.69. The number of benzene rings is 1. The predicted octanol–water partition coefficient (Wildman–Crippen LogP) is 2.97. The van der Waals surface area contributed by atoms with Crippen molar-refractivity contribution in [2.45, 2.75) is 44.6 Å². The summed E-state index contributed by atoms with van der Waals surface area (Å²) in [5.74, 6) is 1.30. The van der Waals surface area contributed by atoms with E-state index in [9.17, 15) is 9.59 Å². The number of carbonyl (C=O) groups is 2. The first-order valence-electron chi connectivity index (χ1n) is 9.50. The number of carbonyl (C=O) groups excluding carboxylic acids is 2. The van der Waals surface area contributed by atoms with E-state index in [1.165, 1.54) is 19.3 Å². The lowest BCUT2D eigenvalue weighted by atomic mass is 9.88. The quantitative estimate of drug-likeness (QED) is 0.864. The van der Waals surface area contributed by atoms with Crippen LogP contribution in [0.4, 0.5) is 5.69 Å². The third-order valence-corrected chi connectivity index (χ3v) is 6.02. The maximum atomic E-state index is 12.7. The number of para-hydroxylation sites is 1. The van der Waals surface area contributed by atoms with Crippen molar-refractivity contribution >= 4 is 17.5 Å². The molecule has 2 saturated carbocycles. The van der Waals surface area contributed by atoms with Gasteiger partial charge in [0.25, 0.3) is 5.91 Å². The molecule has 0 spiro atoms. The van der Waals surface area contributed by atoms with Crippen LogP contribution in [0.3, 0.4) is 0 Å². The molecule has 1 aliphatic heterocycles. The summed E-state index contributed by atoms with van der Waals surface area (Å²) in [7, 11) is 0. The van der Waals surface area contributed by atoms with Crippen LogP contribution < -0.4 is 10.6 Å². The Hall–Kier alpha value is -1.88. The largest absolute Gasteiger partial charge is 0.376 e. The van der Waals surface area contributed by atoms with Crippen LogP contribution in [0.1, 0.15) is 48.9 Å². The molecule has 1 saturated heterocycles. The first-order valence-corrected chi connectivity index (χ1v) is 9.50. The average Bonchev–Trinajstić information content (AvgIpc) is 3.37. The van der Waals surface area contributed by atoms with Crippen molar-refractivity contribution in [3.05, 3.63) is 29.8 Å². The lowest BCUT2D eigenvalue weighted by Gasteiger charge is -2.21. The minimum atomic E-state index is -0.153. The Morgan fingerprint density at radius 3 is 2.72 bits per heavy atom. The van der Waals surface area contributed by atoms with Crippen molar-refractivity contribution in [3.63, 3.8) is 0 Å². The fourth-order valence-electron chi connectivity index (χ4n) is 4.69. The topological polar surface area (TPSA) is 67.4 Å². The van der Waals surface area contributed by atoms with Crippen LogP contribution in [0.25, 0.3) is 0 Å². The summed E-state index contributed by atoms with van der Waals surface area (Å²) in [4.78, 5) is 25.2. The van der Waals surface area contributed by atoms with Crippen LogP contribution in [0, 0.1) is 17.8 Å². The highest BCUT2D eigenvalue weighted by molar-refractivity contribution is 6.04. The summed E-state index contributed by atoms with van der Waals surface area (Å²) < 4.78 is 5.55. The van der Waals surface area contributed by atoms with E-state index < -0.39 is 0 Å². The molecule has 3 fully saturated rings. The van der Waals surface area contributed by atoms with Gasteiger partial charge in [-0.25, -0.2) is 0 Å². The van der Waals surface area contributed by atoms with Gasteiger partial charge in [0.05, 0.1) is 17.4 Å². The molecule has 1 heterocycles. The Morgan fingerprint density at radius 2 is 2.00 bits per heavy atom. The summed E-state index contributed by atoms with van der Waals surface area (Å²) in [6, 6.07) is 7.26. The molecule has 4 unspecified atom stereocenters. The van der Waals surface area contributed by atoms with Gasteiger partial charge in [-0.2, -0.15) is 0 Å². The van der Waals surface area contributed by atoms with E-state index in [0.29, 0.717) is 23.7 Å². The van der Waals surface area contributed by atoms with Crippen LogP contribution in [0.5, 0.6) is 0 Å². The summed E-state index contributed by atoms with van der Waals surface area (Å²) >= 11 is 0. The molecule has 2 aliphatic carbocycles. The monoisotopic (exact) mass is 342 g/mol. The Labute approximate surface area is 148 Å². The number of anilines is 1. The smallest absolute Gasteiger partial charge is 0.253 e.